The average molecular weight is 382 g/mol. The van der Waals surface area contributed by atoms with E-state index in [1.165, 1.54) is 6.20 Å². The number of hydrogen-bond donors (Lipinski definition) is 1. The molecule has 2 aromatic rings. The van der Waals surface area contributed by atoms with Gasteiger partial charge in [-0.3, -0.25) is 14.8 Å². The third-order valence-corrected chi connectivity index (χ3v) is 4.65. The van der Waals surface area contributed by atoms with E-state index >= 15 is 0 Å². The van der Waals surface area contributed by atoms with Crippen LogP contribution >= 0.6 is 0 Å². The molecule has 148 valence electrons. The number of amides is 2. The van der Waals surface area contributed by atoms with E-state index in [4.69, 9.17) is 15.2 Å². The fourth-order valence-electron chi connectivity index (χ4n) is 3.38. The van der Waals surface area contributed by atoms with Gasteiger partial charge in [0.1, 0.15) is 5.75 Å². The van der Waals surface area contributed by atoms with Gasteiger partial charge in [-0.2, -0.15) is 0 Å². The van der Waals surface area contributed by atoms with Crippen molar-refractivity contribution in [1.29, 1.82) is 0 Å². The molecule has 0 atom stereocenters. The van der Waals surface area contributed by atoms with Crippen molar-refractivity contribution in [1.82, 2.24) is 4.98 Å². The minimum atomic E-state index is -0.0940. The average Bonchev–Trinajstić information content (AvgIpc) is 2.72. The van der Waals surface area contributed by atoms with Gasteiger partial charge in [0.15, 0.2) is 0 Å². The van der Waals surface area contributed by atoms with Crippen LogP contribution in [0.4, 0.5) is 16.2 Å². The lowest BCUT2D eigenvalue weighted by molar-refractivity contribution is 0.134. The molecule has 1 aromatic heterocycles. The number of rotatable bonds is 7. The zero-order chi connectivity index (χ0) is 20.1. The van der Waals surface area contributed by atoms with E-state index < -0.39 is 0 Å². The maximum atomic E-state index is 13.3. The summed E-state index contributed by atoms with van der Waals surface area (Å²) in [6.07, 6.45) is 6.75. The molecular formula is C21H26N4O3. The Labute approximate surface area is 165 Å². The van der Waals surface area contributed by atoms with Gasteiger partial charge in [-0.05, 0) is 43.8 Å². The molecule has 1 aromatic carbocycles. The number of hydrogen-bond acceptors (Lipinski definition) is 5. The van der Waals surface area contributed by atoms with E-state index in [1.807, 2.05) is 32.0 Å². The lowest BCUT2D eigenvalue weighted by atomic mass is 10.1. The smallest absolute Gasteiger partial charge is 0.329 e. The van der Waals surface area contributed by atoms with Crippen LogP contribution in [0.25, 0.3) is 6.08 Å². The molecule has 2 amide bonds. The number of nitrogens with two attached hydrogens (primary N) is 1. The van der Waals surface area contributed by atoms with Crippen molar-refractivity contribution in [3.63, 3.8) is 0 Å². The van der Waals surface area contributed by atoms with Crippen LogP contribution in [0.1, 0.15) is 30.5 Å². The molecule has 0 saturated carbocycles. The highest BCUT2D eigenvalue weighted by atomic mass is 16.5. The molecule has 0 bridgehead atoms. The number of ether oxygens (including phenoxy) is 2. The summed E-state index contributed by atoms with van der Waals surface area (Å²) in [4.78, 5) is 21.1. The minimum absolute atomic E-state index is 0.0940. The van der Waals surface area contributed by atoms with Crippen molar-refractivity contribution >= 4 is 23.5 Å². The summed E-state index contributed by atoms with van der Waals surface area (Å²) < 4.78 is 11.0. The maximum absolute atomic E-state index is 13.3. The largest absolute Gasteiger partial charge is 0.497 e. The second-order valence-electron chi connectivity index (χ2n) is 6.38. The number of methoxy groups -OCH3 is 1. The van der Waals surface area contributed by atoms with Crippen molar-refractivity contribution in [2.75, 3.05) is 30.1 Å². The Kier molecular flexibility index (Phi) is 6.16. The molecule has 2 heterocycles. The van der Waals surface area contributed by atoms with E-state index in [9.17, 15) is 4.79 Å². The van der Waals surface area contributed by atoms with Gasteiger partial charge in [-0.25, -0.2) is 4.79 Å². The third kappa shape index (κ3) is 3.80. The quantitative estimate of drug-likeness (QED) is 0.792. The first-order valence-corrected chi connectivity index (χ1v) is 9.32. The molecule has 2 N–H and O–H groups in total. The van der Waals surface area contributed by atoms with Gasteiger partial charge in [0, 0.05) is 48.4 Å². The molecule has 7 nitrogen and oxygen atoms in total. The van der Waals surface area contributed by atoms with Crippen molar-refractivity contribution in [2.24, 2.45) is 5.73 Å². The monoisotopic (exact) mass is 382 g/mol. The summed E-state index contributed by atoms with van der Waals surface area (Å²) in [7, 11) is 1.62. The standard InChI is InChI=1S/C21H26N4O3/c1-4-24-20-16(6-7-22)11-23-12-17(20)13-25(21(24)26)18-8-15(14-28-5-2)9-19(10-18)27-3/h6-12H,4-5,13-14,22H2,1-3H3/b7-6-. The molecule has 0 fully saturated rings. The van der Waals surface area contributed by atoms with Crippen LogP contribution < -0.4 is 20.3 Å². The Bertz CT molecular complexity index is 882. The third-order valence-electron chi connectivity index (χ3n) is 4.65. The summed E-state index contributed by atoms with van der Waals surface area (Å²) in [5, 5.41) is 0. The van der Waals surface area contributed by atoms with Crippen LogP contribution in [0.15, 0.2) is 36.8 Å². The second kappa shape index (κ2) is 8.75. The molecule has 7 heteroatoms. The molecule has 0 aliphatic carbocycles. The lowest BCUT2D eigenvalue weighted by Gasteiger charge is -2.37. The van der Waals surface area contributed by atoms with Crippen molar-refractivity contribution in [2.45, 2.75) is 27.0 Å². The first kappa shape index (κ1) is 19.7. The van der Waals surface area contributed by atoms with Crippen molar-refractivity contribution in [3.05, 3.63) is 53.5 Å². The van der Waals surface area contributed by atoms with Gasteiger partial charge in [0.25, 0.3) is 0 Å². The molecular weight excluding hydrogens is 356 g/mol. The number of carbonyl (C=O) groups excluding carboxylic acids is 1. The molecule has 3 rings (SSSR count). The Morgan fingerprint density at radius 2 is 2.07 bits per heavy atom. The van der Waals surface area contributed by atoms with Gasteiger partial charge in [-0.15, -0.1) is 0 Å². The van der Waals surface area contributed by atoms with Crippen LogP contribution in [0.2, 0.25) is 0 Å². The summed E-state index contributed by atoms with van der Waals surface area (Å²) in [5.41, 5.74) is 9.95. The number of benzene rings is 1. The second-order valence-corrected chi connectivity index (χ2v) is 6.38. The highest BCUT2D eigenvalue weighted by Gasteiger charge is 2.32. The predicted octanol–water partition coefficient (Wildman–Crippen LogP) is 3.52. The van der Waals surface area contributed by atoms with Crippen molar-refractivity contribution in [3.8, 4) is 5.75 Å². The van der Waals surface area contributed by atoms with E-state index in [0.29, 0.717) is 32.1 Å². The van der Waals surface area contributed by atoms with Gasteiger partial charge in [0.05, 0.1) is 25.9 Å². The first-order valence-electron chi connectivity index (χ1n) is 9.32. The number of aromatic nitrogens is 1. The van der Waals surface area contributed by atoms with E-state index in [-0.39, 0.29) is 6.03 Å². The van der Waals surface area contributed by atoms with E-state index in [2.05, 4.69) is 4.98 Å². The van der Waals surface area contributed by atoms with Crippen LogP contribution in [-0.2, 0) is 17.9 Å². The van der Waals surface area contributed by atoms with Gasteiger partial charge in [-0.1, -0.05) is 0 Å². The highest BCUT2D eigenvalue weighted by Crippen LogP contribution is 2.36. The fourth-order valence-corrected chi connectivity index (χ4v) is 3.38. The van der Waals surface area contributed by atoms with Crippen molar-refractivity contribution < 1.29 is 14.3 Å². The summed E-state index contributed by atoms with van der Waals surface area (Å²) >= 11 is 0. The molecule has 0 spiro atoms. The fraction of sp³-hybridized carbons (Fsp3) is 0.333. The van der Waals surface area contributed by atoms with Gasteiger partial charge in [0.2, 0.25) is 0 Å². The Hall–Kier alpha value is -3.06. The van der Waals surface area contributed by atoms with Gasteiger partial charge >= 0.3 is 6.03 Å². The minimum Gasteiger partial charge on any atom is -0.497 e. The van der Waals surface area contributed by atoms with Crippen LogP contribution in [0, 0.1) is 0 Å². The zero-order valence-corrected chi connectivity index (χ0v) is 16.5. The number of pyridine rings is 1. The maximum Gasteiger partial charge on any atom is 0.329 e. The van der Waals surface area contributed by atoms with Crippen LogP contribution in [-0.4, -0.2) is 31.3 Å². The first-order chi connectivity index (χ1) is 13.6. The summed E-state index contributed by atoms with van der Waals surface area (Å²) in [6, 6.07) is 5.66. The summed E-state index contributed by atoms with van der Waals surface area (Å²) in [6.45, 7) is 5.94. The molecule has 0 saturated heterocycles. The normalized spacial score (nSPS) is 13.9. The summed E-state index contributed by atoms with van der Waals surface area (Å²) in [5.74, 6) is 0.687. The van der Waals surface area contributed by atoms with Crippen LogP contribution in [0.5, 0.6) is 5.75 Å². The molecule has 28 heavy (non-hydrogen) atoms. The number of nitrogens with zero attached hydrogens (tertiary/aromatic N) is 3. The highest BCUT2D eigenvalue weighted by molar-refractivity contribution is 6.07. The van der Waals surface area contributed by atoms with E-state index in [0.717, 1.165) is 28.1 Å². The Balaban J connectivity index is 2.05. The number of fused-ring (bicyclic) bond motifs is 1. The molecule has 1 aliphatic heterocycles. The topological polar surface area (TPSA) is 80.9 Å². The van der Waals surface area contributed by atoms with Crippen LogP contribution in [0.3, 0.4) is 0 Å². The Morgan fingerprint density at radius 3 is 2.75 bits per heavy atom. The molecule has 1 aliphatic rings. The predicted molar refractivity (Wildman–Crippen MR) is 110 cm³/mol. The van der Waals surface area contributed by atoms with Gasteiger partial charge < -0.3 is 15.2 Å². The molecule has 0 unspecified atom stereocenters. The van der Waals surface area contributed by atoms with E-state index in [1.54, 1.807) is 35.4 Å². The Morgan fingerprint density at radius 1 is 1.25 bits per heavy atom. The lowest BCUT2D eigenvalue weighted by Crippen LogP contribution is -2.47. The molecule has 0 radical (unpaired) electrons. The number of carbonyl (C=O) groups is 1. The number of anilines is 2. The SMILES string of the molecule is CCOCc1cc(OC)cc(N2Cc3cncc(/C=C\N)c3N(CC)C2=O)c1. The number of urea groups is 1. The zero-order valence-electron chi connectivity index (χ0n) is 16.5.